The Bertz CT molecular complexity index is 540. The molecule has 0 aliphatic rings. The van der Waals surface area contributed by atoms with E-state index in [1.165, 1.54) is 18.0 Å². The van der Waals surface area contributed by atoms with E-state index in [9.17, 15) is 22.8 Å². The number of hydrogen-bond donors (Lipinski definition) is 2. The summed E-state index contributed by atoms with van der Waals surface area (Å²) in [6, 6.07) is 2.81. The minimum atomic E-state index is -3.12. The van der Waals surface area contributed by atoms with Crippen LogP contribution in [0.5, 0.6) is 5.75 Å². The summed E-state index contributed by atoms with van der Waals surface area (Å²) in [7, 11) is 1.42. The van der Waals surface area contributed by atoms with Gasteiger partial charge in [-0.2, -0.15) is 8.78 Å². The molecule has 0 unspecified atom stereocenters. The van der Waals surface area contributed by atoms with Gasteiger partial charge in [-0.05, 0) is 17.7 Å². The number of aliphatic carboxylic acids is 1. The van der Waals surface area contributed by atoms with Gasteiger partial charge in [-0.25, -0.2) is 9.18 Å². The summed E-state index contributed by atoms with van der Waals surface area (Å²) in [5.74, 6) is -2.58. The van der Waals surface area contributed by atoms with Gasteiger partial charge in [-0.1, -0.05) is 6.07 Å². The van der Waals surface area contributed by atoms with E-state index in [1.807, 2.05) is 0 Å². The van der Waals surface area contributed by atoms with Gasteiger partial charge in [-0.3, -0.25) is 4.79 Å². The summed E-state index contributed by atoms with van der Waals surface area (Å²) in [5.41, 5.74) is 0.346. The van der Waals surface area contributed by atoms with Crippen LogP contribution in [0.2, 0.25) is 0 Å². The van der Waals surface area contributed by atoms with Crippen molar-refractivity contribution in [2.75, 3.05) is 13.6 Å². The second-order valence-electron chi connectivity index (χ2n) is 4.37. The highest BCUT2D eigenvalue weighted by atomic mass is 19.3. The van der Waals surface area contributed by atoms with Crippen molar-refractivity contribution in [2.24, 2.45) is 0 Å². The van der Waals surface area contributed by atoms with Crippen LogP contribution in [0, 0.1) is 5.82 Å². The molecular formula is C13H15F3N2O4. The molecule has 122 valence electrons. The molecule has 2 N–H and O–H groups in total. The number of amides is 2. The number of nitrogens with zero attached hydrogens (tertiary/aromatic N) is 1. The highest BCUT2D eigenvalue weighted by Gasteiger charge is 2.12. The molecule has 0 heterocycles. The Morgan fingerprint density at radius 2 is 2.09 bits per heavy atom. The van der Waals surface area contributed by atoms with Crippen LogP contribution in [0.1, 0.15) is 12.0 Å². The summed E-state index contributed by atoms with van der Waals surface area (Å²) >= 11 is 0. The molecule has 22 heavy (non-hydrogen) atoms. The lowest BCUT2D eigenvalue weighted by Gasteiger charge is -2.17. The van der Waals surface area contributed by atoms with Gasteiger partial charge in [0.15, 0.2) is 11.6 Å². The van der Waals surface area contributed by atoms with Gasteiger partial charge in [0.1, 0.15) is 0 Å². The summed E-state index contributed by atoms with van der Waals surface area (Å²) in [5, 5.41) is 11.0. The Balaban J connectivity index is 2.52. The van der Waals surface area contributed by atoms with Crippen LogP contribution >= 0.6 is 0 Å². The second-order valence-corrected chi connectivity index (χ2v) is 4.37. The van der Waals surface area contributed by atoms with Crippen LogP contribution < -0.4 is 10.1 Å². The number of urea groups is 1. The molecule has 0 atom stereocenters. The van der Waals surface area contributed by atoms with Crippen LogP contribution in [-0.2, 0) is 11.3 Å². The topological polar surface area (TPSA) is 78.9 Å². The van der Waals surface area contributed by atoms with Gasteiger partial charge in [-0.15, -0.1) is 0 Å². The molecule has 0 radical (unpaired) electrons. The number of carboxylic acid groups (broad SMARTS) is 1. The number of halogens is 3. The van der Waals surface area contributed by atoms with Gasteiger partial charge >= 0.3 is 18.6 Å². The third kappa shape index (κ3) is 5.90. The number of carboxylic acids is 1. The molecule has 6 nitrogen and oxygen atoms in total. The largest absolute Gasteiger partial charge is 0.481 e. The van der Waals surface area contributed by atoms with Gasteiger partial charge in [0.25, 0.3) is 0 Å². The fraction of sp³-hybridized carbons (Fsp3) is 0.385. The Morgan fingerprint density at radius 3 is 2.64 bits per heavy atom. The second kappa shape index (κ2) is 8.11. The minimum absolute atomic E-state index is 0.0245. The average Bonchev–Trinajstić information content (AvgIpc) is 2.44. The van der Waals surface area contributed by atoms with Crippen molar-refractivity contribution in [1.29, 1.82) is 0 Å². The maximum Gasteiger partial charge on any atom is 0.387 e. The predicted octanol–water partition coefficient (Wildman–Crippen LogP) is 2.04. The number of nitrogens with one attached hydrogen (secondary N) is 1. The van der Waals surface area contributed by atoms with E-state index in [1.54, 1.807) is 0 Å². The molecule has 0 aromatic heterocycles. The first-order valence-corrected chi connectivity index (χ1v) is 6.23. The van der Waals surface area contributed by atoms with E-state index in [4.69, 9.17) is 5.11 Å². The number of hydrogen-bond acceptors (Lipinski definition) is 3. The zero-order valence-electron chi connectivity index (χ0n) is 11.7. The molecule has 0 spiro atoms. The van der Waals surface area contributed by atoms with Gasteiger partial charge in [0.2, 0.25) is 0 Å². The zero-order valence-corrected chi connectivity index (χ0v) is 11.7. The van der Waals surface area contributed by atoms with E-state index in [-0.39, 0.29) is 19.5 Å². The highest BCUT2D eigenvalue weighted by Crippen LogP contribution is 2.20. The van der Waals surface area contributed by atoms with Gasteiger partial charge < -0.3 is 20.1 Å². The predicted molar refractivity (Wildman–Crippen MR) is 70.2 cm³/mol. The zero-order chi connectivity index (χ0) is 16.7. The van der Waals surface area contributed by atoms with E-state index >= 15 is 0 Å². The van der Waals surface area contributed by atoms with Crippen molar-refractivity contribution >= 4 is 12.0 Å². The van der Waals surface area contributed by atoms with Crippen LogP contribution in [-0.4, -0.2) is 42.2 Å². The van der Waals surface area contributed by atoms with Crippen LogP contribution in [0.25, 0.3) is 0 Å². The molecule has 9 heteroatoms. The third-order valence-corrected chi connectivity index (χ3v) is 2.66. The molecule has 0 fully saturated rings. The van der Waals surface area contributed by atoms with Crippen LogP contribution in [0.15, 0.2) is 18.2 Å². The van der Waals surface area contributed by atoms with Crippen molar-refractivity contribution in [3.63, 3.8) is 0 Å². The number of benzene rings is 1. The first-order valence-electron chi connectivity index (χ1n) is 6.23. The van der Waals surface area contributed by atoms with Crippen molar-refractivity contribution in [3.8, 4) is 5.75 Å². The molecule has 0 aliphatic heterocycles. The normalized spacial score (nSPS) is 10.4. The summed E-state index contributed by atoms with van der Waals surface area (Å²) < 4.78 is 41.4. The summed E-state index contributed by atoms with van der Waals surface area (Å²) in [4.78, 5) is 23.2. The Labute approximate surface area is 124 Å². The van der Waals surface area contributed by atoms with Crippen molar-refractivity contribution < 1.29 is 32.6 Å². The molecular weight excluding hydrogens is 305 g/mol. The maximum absolute atomic E-state index is 13.5. The minimum Gasteiger partial charge on any atom is -0.481 e. The summed E-state index contributed by atoms with van der Waals surface area (Å²) in [6.07, 6.45) is -0.196. The number of carbonyl (C=O) groups is 2. The monoisotopic (exact) mass is 320 g/mol. The van der Waals surface area contributed by atoms with Gasteiger partial charge in [0, 0.05) is 20.1 Å². The van der Waals surface area contributed by atoms with Crippen molar-refractivity contribution in [2.45, 2.75) is 19.6 Å². The first-order chi connectivity index (χ1) is 10.3. The molecule has 0 aliphatic carbocycles. The fourth-order valence-electron chi connectivity index (χ4n) is 1.52. The Kier molecular flexibility index (Phi) is 6.48. The van der Waals surface area contributed by atoms with Crippen molar-refractivity contribution in [1.82, 2.24) is 10.2 Å². The van der Waals surface area contributed by atoms with Crippen molar-refractivity contribution in [3.05, 3.63) is 29.6 Å². The molecule has 0 saturated heterocycles. The molecule has 2 amide bonds. The van der Waals surface area contributed by atoms with E-state index < -0.39 is 30.2 Å². The maximum atomic E-state index is 13.5. The number of alkyl halides is 2. The standard InChI is InChI=1S/C13H15F3N2O4/c1-18(5-4-11(19)20)13(21)17-7-8-2-3-10(9(14)6-8)22-12(15)16/h2-3,6,12H,4-5,7H2,1H3,(H,17,21)(H,19,20). The molecule has 0 saturated carbocycles. The SMILES string of the molecule is CN(CCC(=O)O)C(=O)NCc1ccc(OC(F)F)c(F)c1. The lowest BCUT2D eigenvalue weighted by Crippen LogP contribution is -2.38. The number of carbonyl (C=O) groups excluding carboxylic acids is 1. The lowest BCUT2D eigenvalue weighted by atomic mass is 10.2. The Hall–Kier alpha value is -2.45. The van der Waals surface area contributed by atoms with Crippen LogP contribution in [0.3, 0.4) is 0 Å². The number of ether oxygens (including phenoxy) is 1. The molecule has 1 aromatic carbocycles. The molecule has 0 bridgehead atoms. The number of rotatable bonds is 7. The van der Waals surface area contributed by atoms with E-state index in [2.05, 4.69) is 10.1 Å². The fourth-order valence-corrected chi connectivity index (χ4v) is 1.52. The first kappa shape index (κ1) is 17.6. The van der Waals surface area contributed by atoms with E-state index in [0.29, 0.717) is 5.56 Å². The quantitative estimate of drug-likeness (QED) is 0.806. The van der Waals surface area contributed by atoms with Crippen LogP contribution in [0.4, 0.5) is 18.0 Å². The summed E-state index contributed by atoms with van der Waals surface area (Å²) in [6.45, 7) is -3.14. The molecule has 1 rings (SSSR count). The Morgan fingerprint density at radius 1 is 1.41 bits per heavy atom. The smallest absolute Gasteiger partial charge is 0.387 e. The highest BCUT2D eigenvalue weighted by molar-refractivity contribution is 5.75. The lowest BCUT2D eigenvalue weighted by molar-refractivity contribution is -0.137. The third-order valence-electron chi connectivity index (χ3n) is 2.66. The van der Waals surface area contributed by atoms with Gasteiger partial charge in [0.05, 0.1) is 6.42 Å². The van der Waals surface area contributed by atoms with E-state index in [0.717, 1.165) is 12.1 Å². The molecule has 1 aromatic rings. The average molecular weight is 320 g/mol.